The molecule has 0 saturated carbocycles. The van der Waals surface area contributed by atoms with Crippen molar-refractivity contribution < 1.29 is 17.9 Å². The predicted octanol–water partition coefficient (Wildman–Crippen LogP) is 2.42. The van der Waals surface area contributed by atoms with E-state index in [2.05, 4.69) is 5.32 Å². The Bertz CT molecular complexity index is 589. The van der Waals surface area contributed by atoms with Crippen molar-refractivity contribution in [2.75, 3.05) is 13.2 Å². The molecule has 1 N–H and O–H groups in total. The van der Waals surface area contributed by atoms with Crippen LogP contribution in [0.3, 0.4) is 0 Å². The summed E-state index contributed by atoms with van der Waals surface area (Å²) in [6.07, 6.45) is 0. The second-order valence-electron chi connectivity index (χ2n) is 4.12. The molecule has 0 radical (unpaired) electrons. The minimum Gasteiger partial charge on any atom is -0.380 e. The van der Waals surface area contributed by atoms with Gasteiger partial charge in [0.25, 0.3) is 15.0 Å². The lowest BCUT2D eigenvalue weighted by atomic mass is 10.2. The van der Waals surface area contributed by atoms with Gasteiger partial charge in [-0.25, -0.2) is 8.42 Å². The van der Waals surface area contributed by atoms with Crippen LogP contribution in [-0.2, 0) is 13.8 Å². The van der Waals surface area contributed by atoms with E-state index in [1.54, 1.807) is 6.92 Å². The zero-order valence-corrected chi connectivity index (χ0v) is 13.3. The van der Waals surface area contributed by atoms with Gasteiger partial charge in [0.15, 0.2) is 0 Å². The standard InChI is InChI=1S/C12H15Cl2NO4S/c1-3-19-7-8(2)15-12(16)9-4-5-10(13)11(6-9)20(14,17)18/h4-6,8H,3,7H2,1-2H3,(H,15,16). The van der Waals surface area contributed by atoms with E-state index in [4.69, 9.17) is 27.0 Å². The van der Waals surface area contributed by atoms with Gasteiger partial charge in [-0.3, -0.25) is 4.79 Å². The van der Waals surface area contributed by atoms with Crippen molar-refractivity contribution in [3.63, 3.8) is 0 Å². The van der Waals surface area contributed by atoms with Gasteiger partial charge in [-0.15, -0.1) is 0 Å². The second-order valence-corrected chi connectivity index (χ2v) is 7.06. The van der Waals surface area contributed by atoms with Gasteiger partial charge in [0, 0.05) is 28.9 Å². The number of benzene rings is 1. The first-order chi connectivity index (χ1) is 9.25. The van der Waals surface area contributed by atoms with Crippen LogP contribution in [0.5, 0.6) is 0 Å². The first-order valence-corrected chi connectivity index (χ1v) is 8.57. The van der Waals surface area contributed by atoms with Crippen LogP contribution in [0.1, 0.15) is 24.2 Å². The van der Waals surface area contributed by atoms with Gasteiger partial charge in [0.2, 0.25) is 0 Å². The van der Waals surface area contributed by atoms with Crippen LogP contribution < -0.4 is 5.32 Å². The van der Waals surface area contributed by atoms with Crippen LogP contribution >= 0.6 is 22.3 Å². The monoisotopic (exact) mass is 339 g/mol. The smallest absolute Gasteiger partial charge is 0.262 e. The first kappa shape index (κ1) is 17.2. The average Bonchev–Trinajstić information content (AvgIpc) is 2.35. The molecule has 0 aromatic heterocycles. The van der Waals surface area contributed by atoms with E-state index in [-0.39, 0.29) is 21.5 Å². The van der Waals surface area contributed by atoms with Crippen molar-refractivity contribution in [1.82, 2.24) is 5.32 Å². The Balaban J connectivity index is 2.90. The van der Waals surface area contributed by atoms with Crippen LogP contribution in [0.2, 0.25) is 5.02 Å². The summed E-state index contributed by atoms with van der Waals surface area (Å²) in [6.45, 7) is 4.56. The maximum Gasteiger partial charge on any atom is 0.262 e. The summed E-state index contributed by atoms with van der Waals surface area (Å²) in [5, 5.41) is 2.66. The van der Waals surface area contributed by atoms with Crippen molar-refractivity contribution in [3.05, 3.63) is 28.8 Å². The SMILES string of the molecule is CCOCC(C)NC(=O)c1ccc(Cl)c(S(=O)(=O)Cl)c1. The Hall–Kier alpha value is -0.820. The molecule has 0 aliphatic rings. The Labute approximate surface area is 127 Å². The van der Waals surface area contributed by atoms with Crippen LogP contribution in [0.15, 0.2) is 23.1 Å². The number of carbonyl (C=O) groups is 1. The van der Waals surface area contributed by atoms with Gasteiger partial charge in [-0.2, -0.15) is 0 Å². The molecule has 1 amide bonds. The largest absolute Gasteiger partial charge is 0.380 e. The van der Waals surface area contributed by atoms with E-state index in [0.717, 1.165) is 6.07 Å². The van der Waals surface area contributed by atoms with Crippen LogP contribution in [0.25, 0.3) is 0 Å². The van der Waals surface area contributed by atoms with Gasteiger partial charge >= 0.3 is 0 Å². The molecule has 0 heterocycles. The average molecular weight is 340 g/mol. The maximum atomic E-state index is 12.0. The summed E-state index contributed by atoms with van der Waals surface area (Å²) < 4.78 is 27.8. The molecule has 1 rings (SSSR count). The van der Waals surface area contributed by atoms with E-state index in [0.29, 0.717) is 13.2 Å². The van der Waals surface area contributed by atoms with Gasteiger partial charge in [0.1, 0.15) is 4.90 Å². The molecule has 0 saturated heterocycles. The zero-order valence-electron chi connectivity index (χ0n) is 11.0. The Kier molecular flexibility index (Phi) is 6.26. The van der Waals surface area contributed by atoms with Crippen molar-refractivity contribution in [2.24, 2.45) is 0 Å². The topological polar surface area (TPSA) is 72.5 Å². The molecule has 112 valence electrons. The number of amides is 1. The van der Waals surface area contributed by atoms with Crippen molar-refractivity contribution >= 4 is 37.2 Å². The molecule has 1 unspecified atom stereocenters. The van der Waals surface area contributed by atoms with E-state index in [1.807, 2.05) is 6.92 Å². The molecular formula is C12H15Cl2NO4S. The van der Waals surface area contributed by atoms with Crippen molar-refractivity contribution in [2.45, 2.75) is 24.8 Å². The highest BCUT2D eigenvalue weighted by molar-refractivity contribution is 8.13. The van der Waals surface area contributed by atoms with Crippen LogP contribution in [0, 0.1) is 0 Å². The molecule has 0 aliphatic heterocycles. The first-order valence-electron chi connectivity index (χ1n) is 5.88. The number of rotatable bonds is 6. The van der Waals surface area contributed by atoms with Crippen molar-refractivity contribution in [1.29, 1.82) is 0 Å². The number of hydrogen-bond acceptors (Lipinski definition) is 4. The van der Waals surface area contributed by atoms with Gasteiger partial charge in [0.05, 0.1) is 11.6 Å². The highest BCUT2D eigenvalue weighted by atomic mass is 35.7. The normalized spacial score (nSPS) is 13.0. The molecule has 8 heteroatoms. The molecule has 1 aromatic carbocycles. The van der Waals surface area contributed by atoms with Crippen LogP contribution in [0.4, 0.5) is 0 Å². The summed E-state index contributed by atoms with van der Waals surface area (Å²) in [5.41, 5.74) is 0.164. The molecular weight excluding hydrogens is 325 g/mol. The number of nitrogens with one attached hydrogen (secondary N) is 1. The minimum atomic E-state index is -4.00. The molecule has 0 aliphatic carbocycles. The Morgan fingerprint density at radius 2 is 2.10 bits per heavy atom. The predicted molar refractivity (Wildman–Crippen MR) is 77.9 cm³/mol. The highest BCUT2D eigenvalue weighted by Gasteiger charge is 2.18. The summed E-state index contributed by atoms with van der Waals surface area (Å²) in [4.78, 5) is 11.7. The summed E-state index contributed by atoms with van der Waals surface area (Å²) >= 11 is 5.74. The molecule has 0 spiro atoms. The zero-order chi connectivity index (χ0) is 15.3. The van der Waals surface area contributed by atoms with E-state index in [1.165, 1.54) is 12.1 Å². The Morgan fingerprint density at radius 3 is 2.65 bits per heavy atom. The van der Waals surface area contributed by atoms with Crippen LogP contribution in [-0.4, -0.2) is 33.6 Å². The third kappa shape index (κ3) is 4.94. The third-order valence-corrected chi connectivity index (χ3v) is 4.21. The lowest BCUT2D eigenvalue weighted by Crippen LogP contribution is -2.35. The second kappa shape index (κ2) is 7.26. The number of halogens is 2. The summed E-state index contributed by atoms with van der Waals surface area (Å²) in [7, 11) is 1.25. The fraction of sp³-hybridized carbons (Fsp3) is 0.417. The molecule has 0 bridgehead atoms. The number of ether oxygens (including phenoxy) is 1. The van der Waals surface area contributed by atoms with E-state index in [9.17, 15) is 13.2 Å². The molecule has 5 nitrogen and oxygen atoms in total. The third-order valence-electron chi connectivity index (χ3n) is 2.41. The van der Waals surface area contributed by atoms with E-state index >= 15 is 0 Å². The van der Waals surface area contributed by atoms with Gasteiger partial charge in [-0.05, 0) is 32.0 Å². The summed E-state index contributed by atoms with van der Waals surface area (Å²) in [5.74, 6) is -0.421. The Morgan fingerprint density at radius 1 is 1.45 bits per heavy atom. The fourth-order valence-corrected chi connectivity index (χ4v) is 2.97. The molecule has 1 atom stereocenters. The maximum absolute atomic E-state index is 12.0. The minimum absolute atomic E-state index is 0.0288. The quantitative estimate of drug-likeness (QED) is 0.808. The van der Waals surface area contributed by atoms with Gasteiger partial charge < -0.3 is 10.1 Å². The molecule has 1 aromatic rings. The van der Waals surface area contributed by atoms with Gasteiger partial charge in [-0.1, -0.05) is 11.6 Å². The number of carbonyl (C=O) groups excluding carboxylic acids is 1. The molecule has 20 heavy (non-hydrogen) atoms. The fourth-order valence-electron chi connectivity index (χ4n) is 1.47. The summed E-state index contributed by atoms with van der Waals surface area (Å²) in [6, 6.07) is 3.69. The lowest BCUT2D eigenvalue weighted by molar-refractivity contribution is 0.0872. The highest BCUT2D eigenvalue weighted by Crippen LogP contribution is 2.25. The molecule has 0 fully saturated rings. The number of hydrogen-bond donors (Lipinski definition) is 1. The lowest BCUT2D eigenvalue weighted by Gasteiger charge is -2.14. The van der Waals surface area contributed by atoms with Crippen molar-refractivity contribution in [3.8, 4) is 0 Å². The van der Waals surface area contributed by atoms with E-state index < -0.39 is 15.0 Å².